The van der Waals surface area contributed by atoms with Gasteiger partial charge in [0.15, 0.2) is 0 Å². The number of carbonyl (C=O) groups excluding carboxylic acids is 1. The fraction of sp³-hybridized carbons (Fsp3) is 0.273. The number of likely N-dealkylation sites (N-methyl/N-ethyl adjacent to an activating group) is 1. The van der Waals surface area contributed by atoms with Gasteiger partial charge < -0.3 is 14.8 Å². The summed E-state index contributed by atoms with van der Waals surface area (Å²) in [5.41, 5.74) is 1.89. The summed E-state index contributed by atoms with van der Waals surface area (Å²) in [5.74, 6) is -0.428. The molecule has 0 aliphatic carbocycles. The summed E-state index contributed by atoms with van der Waals surface area (Å²) in [4.78, 5) is 26.2. The maximum atomic E-state index is 13.0. The number of nitrogens with one attached hydrogen (secondary N) is 1. The number of hydrogen-bond acceptors (Lipinski definition) is 5. The zero-order valence-electron chi connectivity index (χ0n) is 16.4. The minimum Gasteiger partial charge on any atom is -0.508 e. The van der Waals surface area contributed by atoms with Gasteiger partial charge in [0.2, 0.25) is 5.91 Å². The van der Waals surface area contributed by atoms with Crippen LogP contribution in [0.2, 0.25) is 0 Å². The predicted molar refractivity (Wildman–Crippen MR) is 108 cm³/mol. The number of phenolic OH excluding ortho intramolecular Hbond substituents is 1. The lowest BCUT2D eigenvalue weighted by atomic mass is 10.1. The monoisotopic (exact) mass is 398 g/mol. The second-order valence-corrected chi connectivity index (χ2v) is 6.88. The van der Waals surface area contributed by atoms with Gasteiger partial charge >= 0.3 is 5.63 Å². The van der Waals surface area contributed by atoms with Gasteiger partial charge in [0.25, 0.3) is 0 Å². The number of aromatic hydroxyl groups is 1. The topological polar surface area (TPSA) is 82.8 Å². The molecular weight excluding hydrogens is 375 g/mol. The minimum absolute atomic E-state index is 0.0605. The number of phenols is 1. The number of rotatable bonds is 7. The highest BCUT2D eigenvalue weighted by atomic mass is 19.1. The molecule has 1 heterocycles. The fourth-order valence-electron chi connectivity index (χ4n) is 3.13. The Hall–Kier alpha value is -3.19. The molecule has 3 rings (SSSR count). The smallest absolute Gasteiger partial charge is 0.336 e. The first-order chi connectivity index (χ1) is 13.9. The van der Waals surface area contributed by atoms with Crippen molar-refractivity contribution in [2.75, 3.05) is 13.1 Å². The van der Waals surface area contributed by atoms with Crippen LogP contribution in [0.25, 0.3) is 11.0 Å². The first-order valence-electron chi connectivity index (χ1n) is 9.36. The van der Waals surface area contributed by atoms with Gasteiger partial charge in [-0.3, -0.25) is 9.69 Å². The van der Waals surface area contributed by atoms with Crippen molar-refractivity contribution in [1.82, 2.24) is 10.2 Å². The van der Waals surface area contributed by atoms with Crippen molar-refractivity contribution in [3.05, 3.63) is 75.4 Å². The molecule has 0 spiro atoms. The summed E-state index contributed by atoms with van der Waals surface area (Å²) in [7, 11) is 0. The van der Waals surface area contributed by atoms with Crippen molar-refractivity contribution < 1.29 is 18.7 Å². The fourth-order valence-corrected chi connectivity index (χ4v) is 3.13. The van der Waals surface area contributed by atoms with Gasteiger partial charge in [-0.1, -0.05) is 19.1 Å². The Labute approximate surface area is 167 Å². The second kappa shape index (κ2) is 8.87. The zero-order valence-corrected chi connectivity index (χ0v) is 16.4. The molecule has 0 aliphatic rings. The molecule has 3 aromatic rings. The summed E-state index contributed by atoms with van der Waals surface area (Å²) < 4.78 is 18.2. The highest BCUT2D eigenvalue weighted by molar-refractivity contribution is 5.85. The standard InChI is InChI=1S/C22H23FN2O4/c1-3-25(13-20(27)24-11-15-4-6-17(23)7-5-15)12-16-10-21(28)29-22-14(2)19(26)9-8-18(16)22/h4-10,26H,3,11-13H2,1-2H3,(H,24,27). The molecular formula is C22H23FN2O4. The van der Waals surface area contributed by atoms with Crippen LogP contribution >= 0.6 is 0 Å². The van der Waals surface area contributed by atoms with Gasteiger partial charge in [-0.25, -0.2) is 9.18 Å². The summed E-state index contributed by atoms with van der Waals surface area (Å²) in [5, 5.41) is 13.4. The molecule has 7 heteroatoms. The van der Waals surface area contributed by atoms with Crippen LogP contribution in [0.1, 0.15) is 23.6 Å². The van der Waals surface area contributed by atoms with Crippen LogP contribution in [0.4, 0.5) is 4.39 Å². The molecule has 0 saturated carbocycles. The van der Waals surface area contributed by atoms with Crippen molar-refractivity contribution >= 4 is 16.9 Å². The molecule has 0 aliphatic heterocycles. The number of carbonyl (C=O) groups is 1. The van der Waals surface area contributed by atoms with E-state index in [0.717, 1.165) is 16.5 Å². The van der Waals surface area contributed by atoms with Crippen LogP contribution in [0.15, 0.2) is 51.7 Å². The van der Waals surface area contributed by atoms with Crippen molar-refractivity contribution in [2.24, 2.45) is 0 Å². The van der Waals surface area contributed by atoms with Crippen molar-refractivity contribution in [2.45, 2.75) is 26.9 Å². The molecule has 2 N–H and O–H groups in total. The summed E-state index contributed by atoms with van der Waals surface area (Å²) in [6.07, 6.45) is 0. The predicted octanol–water partition coefficient (Wildman–Crippen LogP) is 3.08. The number of benzene rings is 2. The Morgan fingerprint density at radius 1 is 1.21 bits per heavy atom. The average molecular weight is 398 g/mol. The van der Waals surface area contributed by atoms with Gasteiger partial charge in [-0.15, -0.1) is 0 Å². The molecule has 152 valence electrons. The Kier molecular flexibility index (Phi) is 6.29. The van der Waals surface area contributed by atoms with Crippen LogP contribution in [0.3, 0.4) is 0 Å². The van der Waals surface area contributed by atoms with Crippen LogP contribution < -0.4 is 10.9 Å². The van der Waals surface area contributed by atoms with Gasteiger partial charge in [-0.05, 0) is 48.9 Å². The largest absolute Gasteiger partial charge is 0.508 e. The molecule has 0 bridgehead atoms. The van der Waals surface area contributed by atoms with Crippen LogP contribution in [-0.4, -0.2) is 29.0 Å². The maximum Gasteiger partial charge on any atom is 0.336 e. The highest BCUT2D eigenvalue weighted by Gasteiger charge is 2.15. The zero-order chi connectivity index (χ0) is 21.0. The number of fused-ring (bicyclic) bond motifs is 1. The molecule has 0 atom stereocenters. The molecule has 0 unspecified atom stereocenters. The highest BCUT2D eigenvalue weighted by Crippen LogP contribution is 2.27. The van der Waals surface area contributed by atoms with E-state index in [1.165, 1.54) is 18.2 Å². The molecule has 0 radical (unpaired) electrons. The number of nitrogens with zero attached hydrogens (tertiary/aromatic N) is 1. The quantitative estimate of drug-likeness (QED) is 0.598. The van der Waals surface area contributed by atoms with E-state index >= 15 is 0 Å². The number of amides is 1. The Bertz CT molecular complexity index is 1080. The lowest BCUT2D eigenvalue weighted by Crippen LogP contribution is -2.36. The minimum atomic E-state index is -0.502. The molecule has 1 amide bonds. The van der Waals surface area contributed by atoms with E-state index in [9.17, 15) is 19.1 Å². The first kappa shape index (κ1) is 20.5. The number of halogens is 1. The second-order valence-electron chi connectivity index (χ2n) is 6.88. The number of hydrogen-bond donors (Lipinski definition) is 2. The first-order valence-corrected chi connectivity index (χ1v) is 9.36. The molecule has 29 heavy (non-hydrogen) atoms. The van der Waals surface area contributed by atoms with E-state index in [1.54, 1.807) is 31.2 Å². The van der Waals surface area contributed by atoms with E-state index in [1.807, 2.05) is 11.8 Å². The van der Waals surface area contributed by atoms with Gasteiger partial charge in [0, 0.05) is 30.1 Å². The lowest BCUT2D eigenvalue weighted by Gasteiger charge is -2.21. The average Bonchev–Trinajstić information content (AvgIpc) is 2.70. The number of aryl methyl sites for hydroxylation is 1. The Balaban J connectivity index is 1.71. The van der Waals surface area contributed by atoms with Crippen LogP contribution in [-0.2, 0) is 17.9 Å². The molecule has 0 saturated heterocycles. The van der Waals surface area contributed by atoms with Crippen molar-refractivity contribution in [1.29, 1.82) is 0 Å². The van der Waals surface area contributed by atoms with E-state index in [2.05, 4.69) is 5.32 Å². The van der Waals surface area contributed by atoms with Gasteiger partial charge in [0.1, 0.15) is 17.1 Å². The maximum absolute atomic E-state index is 13.0. The Morgan fingerprint density at radius 3 is 2.62 bits per heavy atom. The summed E-state index contributed by atoms with van der Waals surface area (Å²) >= 11 is 0. The van der Waals surface area contributed by atoms with E-state index in [4.69, 9.17) is 4.42 Å². The van der Waals surface area contributed by atoms with E-state index in [-0.39, 0.29) is 24.0 Å². The van der Waals surface area contributed by atoms with E-state index in [0.29, 0.717) is 30.8 Å². The van der Waals surface area contributed by atoms with Crippen LogP contribution in [0, 0.1) is 12.7 Å². The third-order valence-corrected chi connectivity index (χ3v) is 4.83. The third kappa shape index (κ3) is 5.00. The normalized spacial score (nSPS) is 11.2. The summed E-state index contributed by atoms with van der Waals surface area (Å²) in [6.45, 7) is 5.06. The van der Waals surface area contributed by atoms with E-state index < -0.39 is 5.63 Å². The third-order valence-electron chi connectivity index (χ3n) is 4.83. The molecule has 2 aromatic carbocycles. The SMILES string of the molecule is CCN(CC(=O)NCc1ccc(F)cc1)Cc1cc(=O)oc2c(C)c(O)ccc12. The van der Waals surface area contributed by atoms with Gasteiger partial charge in [-0.2, -0.15) is 0 Å². The lowest BCUT2D eigenvalue weighted by molar-refractivity contribution is -0.122. The summed E-state index contributed by atoms with van der Waals surface area (Å²) in [6, 6.07) is 10.6. The van der Waals surface area contributed by atoms with Crippen LogP contribution in [0.5, 0.6) is 5.75 Å². The van der Waals surface area contributed by atoms with Gasteiger partial charge in [0.05, 0.1) is 6.54 Å². The van der Waals surface area contributed by atoms with Crippen molar-refractivity contribution in [3.63, 3.8) is 0 Å². The Morgan fingerprint density at radius 2 is 1.93 bits per heavy atom. The van der Waals surface area contributed by atoms with Crippen molar-refractivity contribution in [3.8, 4) is 5.75 Å². The molecule has 0 fully saturated rings. The molecule has 6 nitrogen and oxygen atoms in total. The molecule has 1 aromatic heterocycles.